The van der Waals surface area contributed by atoms with Crippen molar-refractivity contribution in [2.75, 3.05) is 6.54 Å². The summed E-state index contributed by atoms with van der Waals surface area (Å²) in [5.74, 6) is 0. The fraction of sp³-hybridized carbons (Fsp3) is 0.733. The molecule has 110 valence electrons. The van der Waals surface area contributed by atoms with Gasteiger partial charge >= 0.3 is 0 Å². The van der Waals surface area contributed by atoms with Gasteiger partial charge in [0.2, 0.25) is 0 Å². The average molecular weight is 367 g/mol. The molecular formula is C15H25BrClNS. The van der Waals surface area contributed by atoms with Crippen molar-refractivity contribution >= 4 is 38.9 Å². The molecule has 1 rings (SSSR count). The highest BCUT2D eigenvalue weighted by Crippen LogP contribution is 2.31. The van der Waals surface area contributed by atoms with Crippen LogP contribution in [-0.4, -0.2) is 6.54 Å². The van der Waals surface area contributed by atoms with Gasteiger partial charge in [-0.25, -0.2) is 0 Å². The number of hydrogen-bond donors (Lipinski definition) is 1. The summed E-state index contributed by atoms with van der Waals surface area (Å²) < 4.78 is 1.87. The Hall–Kier alpha value is 0.430. The SMILES string of the molecule is CCCCCCCCCCNCc1cc(Br)c(Cl)s1. The van der Waals surface area contributed by atoms with Crippen molar-refractivity contribution in [1.29, 1.82) is 0 Å². The molecule has 4 heteroatoms. The average Bonchev–Trinajstić information content (AvgIpc) is 2.71. The van der Waals surface area contributed by atoms with Gasteiger partial charge in [-0.1, -0.05) is 63.5 Å². The smallest absolute Gasteiger partial charge is 0.107 e. The Bertz CT molecular complexity index is 321. The summed E-state index contributed by atoms with van der Waals surface area (Å²) in [6, 6.07) is 2.10. The second-order valence-electron chi connectivity index (χ2n) is 4.99. The number of unbranched alkanes of at least 4 members (excludes halogenated alkanes) is 7. The fourth-order valence-corrected chi connectivity index (χ4v) is 3.83. The normalized spacial score (nSPS) is 11.1. The van der Waals surface area contributed by atoms with Gasteiger partial charge in [-0.3, -0.25) is 0 Å². The molecule has 0 aliphatic carbocycles. The Morgan fingerprint density at radius 1 is 1.11 bits per heavy atom. The Labute approximate surface area is 135 Å². The van der Waals surface area contributed by atoms with Crippen LogP contribution in [0.5, 0.6) is 0 Å². The van der Waals surface area contributed by atoms with Crippen LogP contribution in [0.15, 0.2) is 10.5 Å². The molecule has 0 spiro atoms. The van der Waals surface area contributed by atoms with Crippen LogP contribution in [0.3, 0.4) is 0 Å². The highest BCUT2D eigenvalue weighted by Gasteiger charge is 2.03. The van der Waals surface area contributed by atoms with Crippen LogP contribution in [0, 0.1) is 0 Å². The van der Waals surface area contributed by atoms with Crippen molar-refractivity contribution in [2.24, 2.45) is 0 Å². The molecule has 0 fully saturated rings. The van der Waals surface area contributed by atoms with Crippen molar-refractivity contribution < 1.29 is 0 Å². The number of rotatable bonds is 11. The number of nitrogens with one attached hydrogen (secondary N) is 1. The lowest BCUT2D eigenvalue weighted by Crippen LogP contribution is -2.13. The van der Waals surface area contributed by atoms with Crippen LogP contribution in [0.25, 0.3) is 0 Å². The van der Waals surface area contributed by atoms with Gasteiger partial charge in [-0.05, 0) is 35.0 Å². The predicted molar refractivity (Wildman–Crippen MR) is 91.3 cm³/mol. The van der Waals surface area contributed by atoms with Crippen LogP contribution in [0.4, 0.5) is 0 Å². The van der Waals surface area contributed by atoms with Gasteiger partial charge < -0.3 is 5.32 Å². The van der Waals surface area contributed by atoms with Gasteiger partial charge in [0.15, 0.2) is 0 Å². The van der Waals surface area contributed by atoms with Crippen LogP contribution in [0.2, 0.25) is 4.34 Å². The predicted octanol–water partition coefficient (Wildman–Crippen LogP) is 6.39. The third-order valence-corrected chi connectivity index (χ3v) is 5.68. The number of hydrogen-bond acceptors (Lipinski definition) is 2. The van der Waals surface area contributed by atoms with Gasteiger partial charge in [0.05, 0.1) is 0 Å². The summed E-state index contributed by atoms with van der Waals surface area (Å²) in [4.78, 5) is 1.30. The zero-order valence-corrected chi connectivity index (χ0v) is 15.0. The highest BCUT2D eigenvalue weighted by atomic mass is 79.9. The van der Waals surface area contributed by atoms with Crippen LogP contribution in [-0.2, 0) is 6.54 Å². The maximum atomic E-state index is 6.01. The van der Waals surface area contributed by atoms with Crippen molar-refractivity contribution in [1.82, 2.24) is 5.32 Å². The van der Waals surface area contributed by atoms with Crippen LogP contribution in [0.1, 0.15) is 63.2 Å². The molecular weight excluding hydrogens is 342 g/mol. The maximum Gasteiger partial charge on any atom is 0.107 e. The molecule has 1 aromatic heterocycles. The quantitative estimate of drug-likeness (QED) is 0.447. The molecule has 0 radical (unpaired) electrons. The highest BCUT2D eigenvalue weighted by molar-refractivity contribution is 9.10. The van der Waals surface area contributed by atoms with Crippen LogP contribution < -0.4 is 5.32 Å². The molecule has 0 atom stereocenters. The molecule has 0 bridgehead atoms. The molecule has 0 saturated carbocycles. The molecule has 0 amide bonds. The van der Waals surface area contributed by atoms with E-state index in [0.29, 0.717) is 0 Å². The number of thiophene rings is 1. The summed E-state index contributed by atoms with van der Waals surface area (Å²) in [6.45, 7) is 4.32. The first-order chi connectivity index (χ1) is 9.24. The summed E-state index contributed by atoms with van der Waals surface area (Å²) in [5, 5.41) is 3.48. The van der Waals surface area contributed by atoms with E-state index >= 15 is 0 Å². The molecule has 1 N–H and O–H groups in total. The molecule has 1 heterocycles. The van der Waals surface area contributed by atoms with E-state index in [1.54, 1.807) is 11.3 Å². The molecule has 0 unspecified atom stereocenters. The molecule has 0 aromatic carbocycles. The third-order valence-electron chi connectivity index (χ3n) is 3.20. The minimum Gasteiger partial charge on any atom is -0.312 e. The fourth-order valence-electron chi connectivity index (χ4n) is 2.07. The van der Waals surface area contributed by atoms with E-state index < -0.39 is 0 Å². The van der Waals surface area contributed by atoms with E-state index in [4.69, 9.17) is 11.6 Å². The molecule has 1 aromatic rings. The minimum atomic E-state index is 0.851. The second-order valence-corrected chi connectivity index (χ2v) is 7.58. The Morgan fingerprint density at radius 3 is 2.32 bits per heavy atom. The maximum absolute atomic E-state index is 6.01. The van der Waals surface area contributed by atoms with Crippen molar-refractivity contribution in [2.45, 2.75) is 64.8 Å². The summed E-state index contributed by atoms with van der Waals surface area (Å²) in [7, 11) is 0. The first-order valence-electron chi connectivity index (χ1n) is 7.38. The van der Waals surface area contributed by atoms with E-state index in [-0.39, 0.29) is 0 Å². The van der Waals surface area contributed by atoms with Crippen LogP contribution >= 0.6 is 38.9 Å². The lowest BCUT2D eigenvalue weighted by atomic mass is 10.1. The first kappa shape index (κ1) is 17.5. The third kappa shape index (κ3) is 8.34. The molecule has 0 aliphatic heterocycles. The standard InChI is InChI=1S/C15H25BrClNS/c1-2-3-4-5-6-7-8-9-10-18-12-13-11-14(16)15(17)19-13/h11,18H,2-10,12H2,1H3. The van der Waals surface area contributed by atoms with E-state index in [1.807, 2.05) is 0 Å². The molecule has 0 saturated heterocycles. The number of halogens is 2. The van der Waals surface area contributed by atoms with Gasteiger partial charge in [0, 0.05) is 15.9 Å². The van der Waals surface area contributed by atoms with Crippen molar-refractivity contribution in [3.63, 3.8) is 0 Å². The Kier molecular flexibility index (Phi) is 10.2. The zero-order chi connectivity index (χ0) is 13.9. The summed E-state index contributed by atoms with van der Waals surface area (Å²) >= 11 is 11.1. The van der Waals surface area contributed by atoms with E-state index in [9.17, 15) is 0 Å². The Balaban J connectivity index is 1.88. The molecule has 0 aliphatic rings. The minimum absolute atomic E-state index is 0.851. The van der Waals surface area contributed by atoms with Crippen molar-refractivity contribution in [3.8, 4) is 0 Å². The van der Waals surface area contributed by atoms with Crippen molar-refractivity contribution in [3.05, 3.63) is 19.8 Å². The van der Waals surface area contributed by atoms with Gasteiger partial charge in [0.1, 0.15) is 4.34 Å². The topological polar surface area (TPSA) is 12.0 Å². The lowest BCUT2D eigenvalue weighted by Gasteiger charge is -2.03. The van der Waals surface area contributed by atoms with E-state index in [1.165, 1.54) is 56.2 Å². The largest absolute Gasteiger partial charge is 0.312 e. The monoisotopic (exact) mass is 365 g/mol. The van der Waals surface area contributed by atoms with Gasteiger partial charge in [0.25, 0.3) is 0 Å². The Morgan fingerprint density at radius 2 is 1.74 bits per heavy atom. The van der Waals surface area contributed by atoms with E-state index in [0.717, 1.165) is 21.9 Å². The summed E-state index contributed by atoms with van der Waals surface area (Å²) in [5.41, 5.74) is 0. The van der Waals surface area contributed by atoms with Gasteiger partial charge in [-0.15, -0.1) is 11.3 Å². The lowest BCUT2D eigenvalue weighted by molar-refractivity contribution is 0.556. The second kappa shape index (κ2) is 11.1. The summed E-state index contributed by atoms with van der Waals surface area (Å²) in [6.07, 6.45) is 11.0. The molecule has 1 nitrogen and oxygen atoms in total. The molecule has 19 heavy (non-hydrogen) atoms. The van der Waals surface area contributed by atoms with E-state index in [2.05, 4.69) is 34.2 Å². The van der Waals surface area contributed by atoms with Gasteiger partial charge in [-0.2, -0.15) is 0 Å². The first-order valence-corrected chi connectivity index (χ1v) is 9.37. The zero-order valence-electron chi connectivity index (χ0n) is 11.8.